The van der Waals surface area contributed by atoms with Gasteiger partial charge in [-0.3, -0.25) is 4.99 Å². The first-order chi connectivity index (χ1) is 5.81. The van der Waals surface area contributed by atoms with E-state index in [1.54, 1.807) is 13.2 Å². The van der Waals surface area contributed by atoms with Crippen molar-refractivity contribution in [2.45, 2.75) is 6.42 Å². The topological polar surface area (TPSA) is 60.0 Å². The monoisotopic (exact) mass is 169 g/mol. The van der Waals surface area contributed by atoms with Crippen LogP contribution < -0.4 is 5.73 Å². The van der Waals surface area contributed by atoms with Gasteiger partial charge in [0.05, 0.1) is 0 Å². The van der Waals surface area contributed by atoms with Crippen molar-refractivity contribution in [1.82, 2.24) is 0 Å². The summed E-state index contributed by atoms with van der Waals surface area (Å²) in [5, 5.41) is 0. The number of allylic oxidation sites excluding steroid dienone is 1. The highest BCUT2D eigenvalue weighted by Crippen LogP contribution is 1.82. The Kier molecular flexibility index (Phi) is 7.17. The summed E-state index contributed by atoms with van der Waals surface area (Å²) in [6, 6.07) is 0. The summed E-state index contributed by atoms with van der Waals surface area (Å²) in [6.07, 6.45) is 3.92. The molecule has 0 aliphatic heterocycles. The molecule has 0 amide bonds. The molecular weight excluding hydrogens is 154 g/mol. The van der Waals surface area contributed by atoms with Gasteiger partial charge in [0.25, 0.3) is 0 Å². The molecule has 0 heterocycles. The predicted octanol–water partition coefficient (Wildman–Crippen LogP) is 0.594. The highest BCUT2D eigenvalue weighted by molar-refractivity contribution is 5.89. The first-order valence-corrected chi connectivity index (χ1v) is 3.75. The minimum Gasteiger partial charge on any atom is -0.385 e. The molecule has 0 saturated heterocycles. The van der Waals surface area contributed by atoms with Crippen molar-refractivity contribution < 1.29 is 4.74 Å². The lowest BCUT2D eigenvalue weighted by Crippen LogP contribution is -2.09. The maximum absolute atomic E-state index is 5.41. The Balaban J connectivity index is 3.54. The molecule has 0 bridgehead atoms. The number of ether oxygens (including phenoxy) is 1. The molecule has 0 unspecified atom stereocenters. The molecule has 4 heteroatoms. The largest absolute Gasteiger partial charge is 0.385 e. The minimum atomic E-state index is 0.283. The molecule has 0 aliphatic rings. The molecule has 2 N–H and O–H groups in total. The fourth-order valence-electron chi connectivity index (χ4n) is 0.572. The van der Waals surface area contributed by atoms with Crippen LogP contribution in [0, 0.1) is 0 Å². The summed E-state index contributed by atoms with van der Waals surface area (Å²) in [5.41, 5.74) is 5.41. The van der Waals surface area contributed by atoms with Crippen LogP contribution in [0.4, 0.5) is 0 Å². The van der Waals surface area contributed by atoms with E-state index in [1.165, 1.54) is 6.21 Å². The van der Waals surface area contributed by atoms with Crippen LogP contribution in [0.5, 0.6) is 0 Å². The van der Waals surface area contributed by atoms with Gasteiger partial charge in [-0.15, -0.1) is 0 Å². The molecule has 4 nitrogen and oxygen atoms in total. The van der Waals surface area contributed by atoms with Crippen LogP contribution in [0.3, 0.4) is 0 Å². The normalized spacial score (nSPS) is 12.2. The molecule has 0 spiro atoms. The van der Waals surface area contributed by atoms with Crippen molar-refractivity contribution in [3.63, 3.8) is 0 Å². The second-order valence-electron chi connectivity index (χ2n) is 2.10. The van der Waals surface area contributed by atoms with Gasteiger partial charge in [0, 0.05) is 26.5 Å². The summed E-state index contributed by atoms with van der Waals surface area (Å²) in [6.45, 7) is 4.81. The quantitative estimate of drug-likeness (QED) is 0.372. The number of rotatable bonds is 5. The SMILES string of the molecule is C=C/C=N\C(N)=NCCCOC. The van der Waals surface area contributed by atoms with E-state index < -0.39 is 0 Å². The van der Waals surface area contributed by atoms with E-state index >= 15 is 0 Å². The van der Waals surface area contributed by atoms with E-state index in [4.69, 9.17) is 10.5 Å². The third-order valence-corrected chi connectivity index (χ3v) is 1.09. The Hall–Kier alpha value is -1.16. The van der Waals surface area contributed by atoms with Crippen LogP contribution in [0.25, 0.3) is 0 Å². The molecule has 0 saturated carbocycles. The second kappa shape index (κ2) is 7.94. The number of hydrogen-bond acceptors (Lipinski definition) is 2. The summed E-state index contributed by atoms with van der Waals surface area (Å²) < 4.78 is 4.84. The van der Waals surface area contributed by atoms with E-state index in [0.717, 1.165) is 6.42 Å². The lowest BCUT2D eigenvalue weighted by molar-refractivity contribution is 0.197. The fraction of sp³-hybridized carbons (Fsp3) is 0.500. The zero-order valence-electron chi connectivity index (χ0n) is 7.36. The Labute approximate surface area is 72.8 Å². The third-order valence-electron chi connectivity index (χ3n) is 1.09. The van der Waals surface area contributed by atoms with Crippen molar-refractivity contribution in [3.8, 4) is 0 Å². The van der Waals surface area contributed by atoms with E-state index in [-0.39, 0.29) is 5.96 Å². The summed E-state index contributed by atoms with van der Waals surface area (Å²) >= 11 is 0. The molecule has 0 fully saturated rings. The van der Waals surface area contributed by atoms with Gasteiger partial charge in [0.15, 0.2) is 0 Å². The maximum Gasteiger partial charge on any atom is 0.215 e. The van der Waals surface area contributed by atoms with Crippen molar-refractivity contribution in [3.05, 3.63) is 12.7 Å². The lowest BCUT2D eigenvalue weighted by atomic mass is 10.5. The molecule has 68 valence electrons. The van der Waals surface area contributed by atoms with Crippen LogP contribution >= 0.6 is 0 Å². The Morgan fingerprint density at radius 3 is 3.00 bits per heavy atom. The minimum absolute atomic E-state index is 0.283. The number of methoxy groups -OCH3 is 1. The summed E-state index contributed by atoms with van der Waals surface area (Å²) in [7, 11) is 1.66. The van der Waals surface area contributed by atoms with Gasteiger partial charge in [-0.2, -0.15) is 0 Å². The van der Waals surface area contributed by atoms with Gasteiger partial charge in [-0.1, -0.05) is 12.7 Å². The standard InChI is InChI=1S/C8H15N3O/c1-3-5-10-8(9)11-6-4-7-12-2/h3,5H,1,4,6-7H2,2H3,(H2,9,11)/b10-5-. The smallest absolute Gasteiger partial charge is 0.215 e. The highest BCUT2D eigenvalue weighted by Gasteiger charge is 1.85. The van der Waals surface area contributed by atoms with E-state index in [9.17, 15) is 0 Å². The van der Waals surface area contributed by atoms with Gasteiger partial charge in [-0.25, -0.2) is 4.99 Å². The molecule has 0 aromatic heterocycles. The fourth-order valence-corrected chi connectivity index (χ4v) is 0.572. The van der Waals surface area contributed by atoms with Gasteiger partial charge in [-0.05, 0) is 6.42 Å². The van der Waals surface area contributed by atoms with Crippen LogP contribution in [0.2, 0.25) is 0 Å². The van der Waals surface area contributed by atoms with Crippen LogP contribution in [-0.2, 0) is 4.74 Å². The van der Waals surface area contributed by atoms with Gasteiger partial charge in [0.2, 0.25) is 5.96 Å². The summed E-state index contributed by atoms with van der Waals surface area (Å²) in [4.78, 5) is 7.75. The number of guanidine groups is 1. The molecule has 0 rings (SSSR count). The third kappa shape index (κ3) is 6.95. The number of hydrogen-bond donors (Lipinski definition) is 1. The van der Waals surface area contributed by atoms with Crippen molar-refractivity contribution in [2.75, 3.05) is 20.3 Å². The molecule has 0 aromatic carbocycles. The summed E-state index contributed by atoms with van der Waals surface area (Å²) in [5.74, 6) is 0.283. The number of nitrogens with two attached hydrogens (primary N) is 1. The first kappa shape index (κ1) is 10.8. The predicted molar refractivity (Wildman–Crippen MR) is 51.7 cm³/mol. The van der Waals surface area contributed by atoms with E-state index in [1.807, 2.05) is 0 Å². The van der Waals surface area contributed by atoms with Gasteiger partial charge < -0.3 is 10.5 Å². The zero-order chi connectivity index (χ0) is 9.23. The van der Waals surface area contributed by atoms with Crippen molar-refractivity contribution >= 4 is 12.2 Å². The van der Waals surface area contributed by atoms with Crippen molar-refractivity contribution in [2.24, 2.45) is 15.7 Å². The van der Waals surface area contributed by atoms with Crippen LogP contribution in [0.1, 0.15) is 6.42 Å². The van der Waals surface area contributed by atoms with Gasteiger partial charge in [0.1, 0.15) is 0 Å². The van der Waals surface area contributed by atoms with Crippen molar-refractivity contribution in [1.29, 1.82) is 0 Å². The average molecular weight is 169 g/mol. The molecule has 0 radical (unpaired) electrons. The second-order valence-corrected chi connectivity index (χ2v) is 2.10. The lowest BCUT2D eigenvalue weighted by Gasteiger charge is -1.94. The van der Waals surface area contributed by atoms with Crippen LogP contribution in [-0.4, -0.2) is 32.4 Å². The first-order valence-electron chi connectivity index (χ1n) is 3.75. The maximum atomic E-state index is 5.41. The molecule has 12 heavy (non-hydrogen) atoms. The average Bonchev–Trinajstić information content (AvgIpc) is 2.09. The van der Waals surface area contributed by atoms with Gasteiger partial charge >= 0.3 is 0 Å². The van der Waals surface area contributed by atoms with E-state index in [2.05, 4.69) is 16.6 Å². The molecule has 0 atom stereocenters. The Morgan fingerprint density at radius 2 is 2.42 bits per heavy atom. The molecule has 0 aromatic rings. The number of nitrogens with zero attached hydrogens (tertiary/aromatic N) is 2. The number of aliphatic imine (C=N–C) groups is 2. The Morgan fingerprint density at radius 1 is 1.67 bits per heavy atom. The molecule has 0 aliphatic carbocycles. The zero-order valence-corrected chi connectivity index (χ0v) is 7.36. The van der Waals surface area contributed by atoms with Crippen LogP contribution in [0.15, 0.2) is 22.6 Å². The van der Waals surface area contributed by atoms with E-state index in [0.29, 0.717) is 13.2 Å². The Bertz CT molecular complexity index is 175. The molecular formula is C8H15N3O. The highest BCUT2D eigenvalue weighted by atomic mass is 16.5.